The molecule has 1 aromatic heterocycles. The Morgan fingerprint density at radius 3 is 2.57 bits per heavy atom. The molecule has 156 valence electrons. The van der Waals surface area contributed by atoms with Crippen LogP contribution in [0.25, 0.3) is 10.9 Å². The first-order chi connectivity index (χ1) is 14.5. The quantitative estimate of drug-likeness (QED) is 0.641. The predicted molar refractivity (Wildman–Crippen MR) is 112 cm³/mol. The molecule has 4 rings (SSSR count). The van der Waals surface area contributed by atoms with Crippen LogP contribution in [0, 0.1) is 0 Å². The summed E-state index contributed by atoms with van der Waals surface area (Å²) in [5, 5.41) is 3.37. The zero-order chi connectivity index (χ0) is 21.1. The fourth-order valence-corrected chi connectivity index (χ4v) is 5.12. The molecule has 2 N–H and O–H groups in total. The van der Waals surface area contributed by atoms with Gasteiger partial charge in [0.2, 0.25) is 15.6 Å². The molecule has 1 fully saturated rings. The van der Waals surface area contributed by atoms with E-state index in [4.69, 9.17) is 4.74 Å². The Kier molecular flexibility index (Phi) is 5.67. The Labute approximate surface area is 173 Å². The molecule has 0 unspecified atom stereocenters. The van der Waals surface area contributed by atoms with Crippen LogP contribution in [0.4, 0.5) is 0 Å². The number of benzene rings is 2. The molecule has 2 heterocycles. The monoisotopic (exact) mass is 427 g/mol. The number of carbonyl (C=O) groups excluding carboxylic acids is 1. The van der Waals surface area contributed by atoms with Gasteiger partial charge in [-0.15, -0.1) is 0 Å². The maximum absolute atomic E-state index is 13.1. The van der Waals surface area contributed by atoms with Gasteiger partial charge in [-0.2, -0.15) is 4.31 Å². The molecule has 3 aromatic rings. The van der Waals surface area contributed by atoms with Gasteiger partial charge in [0.25, 0.3) is 5.91 Å². The van der Waals surface area contributed by atoms with Crippen molar-refractivity contribution in [2.45, 2.75) is 11.4 Å². The molecule has 0 spiro atoms. The van der Waals surface area contributed by atoms with Crippen LogP contribution in [-0.2, 0) is 21.3 Å². The zero-order valence-corrected chi connectivity index (χ0v) is 16.9. The lowest BCUT2D eigenvalue weighted by Crippen LogP contribution is -2.41. The number of pyridine rings is 1. The third-order valence-electron chi connectivity index (χ3n) is 5.00. The number of rotatable bonds is 5. The lowest BCUT2D eigenvalue weighted by Gasteiger charge is -2.27. The van der Waals surface area contributed by atoms with Crippen molar-refractivity contribution in [2.24, 2.45) is 0 Å². The number of H-pyrrole nitrogens is 1. The first-order valence-corrected chi connectivity index (χ1v) is 11.0. The predicted octanol–water partition coefficient (Wildman–Crippen LogP) is 1.48. The highest BCUT2D eigenvalue weighted by atomic mass is 32.2. The summed E-state index contributed by atoms with van der Waals surface area (Å²) in [7, 11) is -3.70. The fourth-order valence-electron chi connectivity index (χ4n) is 3.49. The summed E-state index contributed by atoms with van der Waals surface area (Å²) >= 11 is 0. The van der Waals surface area contributed by atoms with Crippen molar-refractivity contribution in [3.63, 3.8) is 0 Å². The molecule has 9 heteroatoms. The van der Waals surface area contributed by atoms with E-state index in [9.17, 15) is 18.0 Å². The van der Waals surface area contributed by atoms with Crippen LogP contribution in [0.1, 0.15) is 15.9 Å². The van der Waals surface area contributed by atoms with E-state index in [1.165, 1.54) is 16.4 Å². The van der Waals surface area contributed by atoms with Gasteiger partial charge in [0, 0.05) is 36.6 Å². The van der Waals surface area contributed by atoms with Crippen molar-refractivity contribution in [1.82, 2.24) is 14.6 Å². The largest absolute Gasteiger partial charge is 0.379 e. The SMILES string of the molecule is O=C(NCc1ccccc1S(=O)(=O)N1CCOCC1)c1cc(=O)[nH]c2ccccc12. The number of fused-ring (bicyclic) bond motifs is 1. The summed E-state index contributed by atoms with van der Waals surface area (Å²) in [5.74, 6) is -0.448. The number of carbonyl (C=O) groups is 1. The van der Waals surface area contributed by atoms with E-state index in [0.29, 0.717) is 42.8 Å². The number of aromatic nitrogens is 1. The first kappa shape index (κ1) is 20.3. The van der Waals surface area contributed by atoms with E-state index in [0.717, 1.165) is 0 Å². The van der Waals surface area contributed by atoms with Gasteiger partial charge in [-0.3, -0.25) is 9.59 Å². The highest BCUT2D eigenvalue weighted by Crippen LogP contribution is 2.21. The molecule has 8 nitrogen and oxygen atoms in total. The minimum Gasteiger partial charge on any atom is -0.379 e. The number of nitrogens with one attached hydrogen (secondary N) is 2. The van der Waals surface area contributed by atoms with Gasteiger partial charge in [-0.05, 0) is 17.7 Å². The molecule has 0 bridgehead atoms. The van der Waals surface area contributed by atoms with E-state index in [2.05, 4.69) is 10.3 Å². The maximum Gasteiger partial charge on any atom is 0.252 e. The second-order valence-corrected chi connectivity index (χ2v) is 8.81. The summed E-state index contributed by atoms with van der Waals surface area (Å²) in [4.78, 5) is 27.6. The zero-order valence-electron chi connectivity index (χ0n) is 16.1. The van der Waals surface area contributed by atoms with Crippen molar-refractivity contribution in [1.29, 1.82) is 0 Å². The van der Waals surface area contributed by atoms with Gasteiger partial charge < -0.3 is 15.0 Å². The molecule has 1 aliphatic rings. The van der Waals surface area contributed by atoms with Gasteiger partial charge in [0.15, 0.2) is 0 Å². The van der Waals surface area contributed by atoms with Gasteiger partial charge in [0.1, 0.15) is 0 Å². The Morgan fingerprint density at radius 2 is 1.77 bits per heavy atom. The van der Waals surface area contributed by atoms with Crippen LogP contribution in [0.3, 0.4) is 0 Å². The highest BCUT2D eigenvalue weighted by molar-refractivity contribution is 7.89. The summed E-state index contributed by atoms with van der Waals surface area (Å²) in [6.07, 6.45) is 0. The van der Waals surface area contributed by atoms with Crippen molar-refractivity contribution < 1.29 is 17.9 Å². The van der Waals surface area contributed by atoms with E-state index < -0.39 is 15.9 Å². The smallest absolute Gasteiger partial charge is 0.252 e. The Balaban J connectivity index is 1.60. The van der Waals surface area contributed by atoms with Crippen LogP contribution in [0.15, 0.2) is 64.3 Å². The Bertz CT molecular complexity index is 1250. The molecule has 1 amide bonds. The van der Waals surface area contributed by atoms with Crippen LogP contribution in [0.2, 0.25) is 0 Å². The first-order valence-electron chi connectivity index (χ1n) is 9.53. The van der Waals surface area contributed by atoms with Crippen LogP contribution >= 0.6 is 0 Å². The number of nitrogens with zero attached hydrogens (tertiary/aromatic N) is 1. The number of ether oxygens (including phenoxy) is 1. The minimum atomic E-state index is -3.70. The number of aromatic amines is 1. The van der Waals surface area contributed by atoms with E-state index in [1.54, 1.807) is 42.5 Å². The summed E-state index contributed by atoms with van der Waals surface area (Å²) in [5.41, 5.74) is 0.897. The van der Waals surface area contributed by atoms with Crippen molar-refractivity contribution in [3.05, 3.63) is 76.1 Å². The van der Waals surface area contributed by atoms with Crippen molar-refractivity contribution in [2.75, 3.05) is 26.3 Å². The molecule has 0 atom stereocenters. The minimum absolute atomic E-state index is 0.0136. The van der Waals surface area contributed by atoms with Crippen LogP contribution in [-0.4, -0.2) is 49.9 Å². The van der Waals surface area contributed by atoms with E-state index in [1.807, 2.05) is 0 Å². The molecular formula is C21H21N3O5S. The van der Waals surface area contributed by atoms with Crippen LogP contribution in [0.5, 0.6) is 0 Å². The molecular weight excluding hydrogens is 406 g/mol. The number of morpholine rings is 1. The molecule has 1 aliphatic heterocycles. The molecule has 2 aromatic carbocycles. The molecule has 0 radical (unpaired) electrons. The lowest BCUT2D eigenvalue weighted by molar-refractivity contribution is 0.0730. The third kappa shape index (κ3) is 4.00. The van der Waals surface area contributed by atoms with Gasteiger partial charge in [0.05, 0.1) is 23.7 Å². The van der Waals surface area contributed by atoms with E-state index >= 15 is 0 Å². The van der Waals surface area contributed by atoms with Crippen molar-refractivity contribution in [3.8, 4) is 0 Å². The van der Waals surface area contributed by atoms with Gasteiger partial charge >= 0.3 is 0 Å². The third-order valence-corrected chi connectivity index (χ3v) is 6.99. The topological polar surface area (TPSA) is 109 Å². The molecule has 1 saturated heterocycles. The fraction of sp³-hybridized carbons (Fsp3) is 0.238. The Morgan fingerprint density at radius 1 is 1.07 bits per heavy atom. The second kappa shape index (κ2) is 8.39. The molecule has 0 aliphatic carbocycles. The summed E-state index contributed by atoms with van der Waals surface area (Å²) in [6.45, 7) is 1.31. The molecule has 0 saturated carbocycles. The van der Waals surface area contributed by atoms with Crippen LogP contribution < -0.4 is 10.9 Å². The Hall–Kier alpha value is -3.01. The number of para-hydroxylation sites is 1. The second-order valence-electron chi connectivity index (χ2n) is 6.90. The van der Waals surface area contributed by atoms with E-state index in [-0.39, 0.29) is 22.6 Å². The lowest BCUT2D eigenvalue weighted by atomic mass is 10.1. The maximum atomic E-state index is 13.1. The summed E-state index contributed by atoms with van der Waals surface area (Å²) < 4.78 is 32.7. The standard InChI is InChI=1S/C21H21N3O5S/c25-20-13-17(16-6-2-3-7-18(16)23-20)21(26)22-14-15-5-1-4-8-19(15)30(27,28)24-9-11-29-12-10-24/h1-8,13H,9-12,14H2,(H,22,26)(H,23,25). The number of amides is 1. The highest BCUT2D eigenvalue weighted by Gasteiger charge is 2.28. The van der Waals surface area contributed by atoms with Crippen molar-refractivity contribution >= 4 is 26.8 Å². The van der Waals surface area contributed by atoms with Gasteiger partial charge in [-0.25, -0.2) is 8.42 Å². The summed E-state index contributed by atoms with van der Waals surface area (Å²) in [6, 6.07) is 14.8. The number of hydrogen-bond donors (Lipinski definition) is 2. The number of sulfonamides is 1. The average molecular weight is 427 g/mol. The molecule has 30 heavy (non-hydrogen) atoms. The van der Waals surface area contributed by atoms with Gasteiger partial charge in [-0.1, -0.05) is 36.4 Å². The average Bonchev–Trinajstić information content (AvgIpc) is 2.77. The normalized spacial score (nSPS) is 15.2. The number of hydrogen-bond acceptors (Lipinski definition) is 5.